The van der Waals surface area contributed by atoms with Crippen LogP contribution < -0.4 is 5.48 Å². The summed E-state index contributed by atoms with van der Waals surface area (Å²) in [5.74, 6) is -1.05. The van der Waals surface area contributed by atoms with Gasteiger partial charge in [-0.05, 0) is 0 Å². The van der Waals surface area contributed by atoms with E-state index in [1.54, 1.807) is 0 Å². The number of hydrogen-bond donors (Lipinski definition) is 3. The summed E-state index contributed by atoms with van der Waals surface area (Å²) in [6, 6.07) is 0. The molecule has 0 spiro atoms. The number of aromatic carboxylic acids is 1. The highest BCUT2D eigenvalue weighted by molar-refractivity contribution is 7.09. The molecule has 0 bridgehead atoms. The van der Waals surface area contributed by atoms with E-state index in [2.05, 4.69) is 4.98 Å². The highest BCUT2D eigenvalue weighted by atomic mass is 32.1. The van der Waals surface area contributed by atoms with Gasteiger partial charge in [0.25, 0.3) is 0 Å². The van der Waals surface area contributed by atoms with Gasteiger partial charge in [0.1, 0.15) is 5.01 Å². The molecule has 11 heavy (non-hydrogen) atoms. The number of hydroxylamine groups is 1. The molecule has 0 atom stereocenters. The lowest BCUT2D eigenvalue weighted by molar-refractivity contribution is 0.0690. The van der Waals surface area contributed by atoms with E-state index >= 15 is 0 Å². The normalized spacial score (nSPS) is 9.91. The zero-order valence-electron chi connectivity index (χ0n) is 5.44. The molecule has 0 aromatic carbocycles. The maximum absolute atomic E-state index is 10.3. The Hall–Kier alpha value is -0.980. The second-order valence-corrected chi connectivity index (χ2v) is 2.71. The van der Waals surface area contributed by atoms with E-state index in [1.807, 2.05) is 5.48 Å². The number of carbonyl (C=O) groups is 1. The van der Waals surface area contributed by atoms with Crippen molar-refractivity contribution in [3.63, 3.8) is 0 Å². The topological polar surface area (TPSA) is 82.5 Å². The summed E-state index contributed by atoms with van der Waals surface area (Å²) in [5, 5.41) is 18.6. The van der Waals surface area contributed by atoms with Crippen LogP contribution in [0.25, 0.3) is 0 Å². The molecule has 60 valence electrons. The number of hydrogen-bond acceptors (Lipinski definition) is 5. The van der Waals surface area contributed by atoms with Crippen molar-refractivity contribution in [3.05, 3.63) is 16.1 Å². The molecule has 1 aromatic rings. The molecule has 0 saturated carbocycles. The largest absolute Gasteiger partial charge is 0.476 e. The first kappa shape index (κ1) is 8.12. The van der Waals surface area contributed by atoms with Crippen LogP contribution in [0.5, 0.6) is 0 Å². The summed E-state index contributed by atoms with van der Waals surface area (Å²) in [6.45, 7) is 0.179. The minimum absolute atomic E-state index is 0.0141. The molecular weight excluding hydrogens is 168 g/mol. The van der Waals surface area contributed by atoms with Crippen molar-refractivity contribution >= 4 is 17.3 Å². The van der Waals surface area contributed by atoms with Crippen LogP contribution in [0.3, 0.4) is 0 Å². The monoisotopic (exact) mass is 174 g/mol. The maximum Gasteiger partial charge on any atom is 0.355 e. The van der Waals surface area contributed by atoms with Gasteiger partial charge in [0.05, 0.1) is 6.54 Å². The zero-order valence-corrected chi connectivity index (χ0v) is 6.26. The number of aromatic nitrogens is 1. The standard InChI is InChI=1S/C5H6N2O3S/c8-5(9)3-2-11-4(7-3)1-6-10/h2,6,10H,1H2,(H,8,9). The van der Waals surface area contributed by atoms with Crippen molar-refractivity contribution in [1.82, 2.24) is 10.5 Å². The first-order valence-electron chi connectivity index (χ1n) is 2.78. The van der Waals surface area contributed by atoms with Crippen LogP contribution in [0, 0.1) is 0 Å². The smallest absolute Gasteiger partial charge is 0.355 e. The molecule has 0 aliphatic carbocycles. The first-order chi connectivity index (χ1) is 5.24. The van der Waals surface area contributed by atoms with Crippen molar-refractivity contribution in [1.29, 1.82) is 0 Å². The third-order valence-corrected chi connectivity index (χ3v) is 1.85. The van der Waals surface area contributed by atoms with Crippen LogP contribution in [-0.4, -0.2) is 21.3 Å². The van der Waals surface area contributed by atoms with Gasteiger partial charge in [-0.15, -0.1) is 11.3 Å². The molecule has 0 saturated heterocycles. The molecule has 0 aliphatic heterocycles. The van der Waals surface area contributed by atoms with E-state index in [9.17, 15) is 4.79 Å². The van der Waals surface area contributed by atoms with Gasteiger partial charge < -0.3 is 10.3 Å². The Balaban J connectivity index is 2.73. The first-order valence-corrected chi connectivity index (χ1v) is 3.66. The van der Waals surface area contributed by atoms with Crippen molar-refractivity contribution in [2.45, 2.75) is 6.54 Å². The van der Waals surface area contributed by atoms with Crippen molar-refractivity contribution in [2.24, 2.45) is 0 Å². The summed E-state index contributed by atoms with van der Waals surface area (Å²) in [6.07, 6.45) is 0. The van der Waals surface area contributed by atoms with Gasteiger partial charge in [-0.25, -0.2) is 9.78 Å². The molecule has 0 fully saturated rings. The minimum Gasteiger partial charge on any atom is -0.476 e. The lowest BCUT2D eigenvalue weighted by Crippen LogP contribution is -2.06. The number of thiazole rings is 1. The number of carboxylic acid groups (broad SMARTS) is 1. The molecule has 1 aromatic heterocycles. The van der Waals surface area contributed by atoms with Crippen molar-refractivity contribution in [2.75, 3.05) is 0 Å². The number of nitrogens with zero attached hydrogens (tertiary/aromatic N) is 1. The Bertz CT molecular complexity index is 260. The molecule has 1 rings (SSSR count). The molecule has 5 nitrogen and oxygen atoms in total. The number of nitrogens with one attached hydrogen (secondary N) is 1. The molecule has 0 amide bonds. The molecule has 0 aliphatic rings. The molecule has 6 heteroatoms. The van der Waals surface area contributed by atoms with Gasteiger partial charge in [-0.3, -0.25) is 0 Å². The average molecular weight is 174 g/mol. The van der Waals surface area contributed by atoms with Crippen molar-refractivity contribution < 1.29 is 15.1 Å². The maximum atomic E-state index is 10.3. The molecule has 1 heterocycles. The Morgan fingerprint density at radius 3 is 3.00 bits per heavy atom. The highest BCUT2D eigenvalue weighted by Crippen LogP contribution is 2.08. The highest BCUT2D eigenvalue weighted by Gasteiger charge is 2.07. The van der Waals surface area contributed by atoms with Gasteiger partial charge >= 0.3 is 5.97 Å². The fourth-order valence-corrected chi connectivity index (χ4v) is 1.26. The van der Waals surface area contributed by atoms with E-state index in [-0.39, 0.29) is 12.2 Å². The molecule has 3 N–H and O–H groups in total. The summed E-state index contributed by atoms with van der Waals surface area (Å²) >= 11 is 1.19. The van der Waals surface area contributed by atoms with Gasteiger partial charge in [-0.1, -0.05) is 0 Å². The van der Waals surface area contributed by atoms with Gasteiger partial charge in [-0.2, -0.15) is 5.48 Å². The minimum atomic E-state index is -1.05. The second-order valence-electron chi connectivity index (χ2n) is 1.77. The summed E-state index contributed by atoms with van der Waals surface area (Å²) < 4.78 is 0. The van der Waals surface area contributed by atoms with E-state index in [1.165, 1.54) is 16.7 Å². The molecule has 0 unspecified atom stereocenters. The van der Waals surface area contributed by atoms with Crippen LogP contribution in [-0.2, 0) is 6.54 Å². The third-order valence-electron chi connectivity index (χ3n) is 1.00. The Kier molecular flexibility index (Phi) is 2.53. The number of carboxylic acids is 1. The lowest BCUT2D eigenvalue weighted by atomic mass is 10.5. The van der Waals surface area contributed by atoms with Crippen LogP contribution in [0.15, 0.2) is 5.38 Å². The second kappa shape index (κ2) is 3.42. The Morgan fingerprint density at radius 2 is 2.55 bits per heavy atom. The zero-order chi connectivity index (χ0) is 8.27. The van der Waals surface area contributed by atoms with E-state index in [0.29, 0.717) is 5.01 Å². The van der Waals surface area contributed by atoms with Crippen LogP contribution >= 0.6 is 11.3 Å². The quantitative estimate of drug-likeness (QED) is 0.575. The SMILES string of the molecule is O=C(O)c1csc(CNO)n1. The number of rotatable bonds is 3. The Labute approximate surface area is 66.3 Å². The van der Waals surface area contributed by atoms with E-state index in [4.69, 9.17) is 10.3 Å². The van der Waals surface area contributed by atoms with Gasteiger partial charge in [0, 0.05) is 5.38 Å². The summed E-state index contributed by atoms with van der Waals surface area (Å²) in [7, 11) is 0. The van der Waals surface area contributed by atoms with Crippen LogP contribution in [0.1, 0.15) is 15.5 Å². The Morgan fingerprint density at radius 1 is 1.82 bits per heavy atom. The van der Waals surface area contributed by atoms with E-state index < -0.39 is 5.97 Å². The fourth-order valence-electron chi connectivity index (χ4n) is 0.558. The van der Waals surface area contributed by atoms with Crippen LogP contribution in [0.4, 0.5) is 0 Å². The van der Waals surface area contributed by atoms with Gasteiger partial charge in [0.2, 0.25) is 0 Å². The predicted molar refractivity (Wildman–Crippen MR) is 37.7 cm³/mol. The van der Waals surface area contributed by atoms with Crippen LogP contribution in [0.2, 0.25) is 0 Å². The molecular formula is C5H6N2O3S. The fraction of sp³-hybridized carbons (Fsp3) is 0.200. The van der Waals surface area contributed by atoms with Gasteiger partial charge in [0.15, 0.2) is 5.69 Å². The van der Waals surface area contributed by atoms with E-state index in [0.717, 1.165) is 0 Å². The average Bonchev–Trinajstić information content (AvgIpc) is 2.37. The molecule has 0 radical (unpaired) electrons. The summed E-state index contributed by atoms with van der Waals surface area (Å²) in [4.78, 5) is 14.0. The van der Waals surface area contributed by atoms with Crippen molar-refractivity contribution in [3.8, 4) is 0 Å². The summed E-state index contributed by atoms with van der Waals surface area (Å²) in [5.41, 5.74) is 1.91. The third kappa shape index (κ3) is 1.97. The predicted octanol–water partition coefficient (Wildman–Crippen LogP) is 0.320. The lowest BCUT2D eigenvalue weighted by Gasteiger charge is -1.88.